The summed E-state index contributed by atoms with van der Waals surface area (Å²) in [5, 5.41) is 0. The van der Waals surface area contributed by atoms with Crippen LogP contribution in [0.4, 0.5) is 8.78 Å². The molecule has 2 aromatic heterocycles. The van der Waals surface area contributed by atoms with Gasteiger partial charge in [0.15, 0.2) is 0 Å². The average molecular weight is 354 g/mol. The molecule has 0 aliphatic carbocycles. The molecular weight excluding hydrogens is 338 g/mol. The van der Waals surface area contributed by atoms with E-state index < -0.39 is 11.6 Å². The van der Waals surface area contributed by atoms with E-state index in [1.54, 1.807) is 24.5 Å². The topological polar surface area (TPSA) is 61.9 Å². The van der Waals surface area contributed by atoms with Crippen molar-refractivity contribution in [3.8, 4) is 11.4 Å². The van der Waals surface area contributed by atoms with Crippen molar-refractivity contribution in [2.24, 2.45) is 0 Å². The number of H-pyrrole nitrogens is 1. The number of hydrogen-bond donors (Lipinski definition) is 1. The number of aromatic nitrogens is 3. The van der Waals surface area contributed by atoms with E-state index in [0.29, 0.717) is 36.6 Å². The lowest BCUT2D eigenvalue weighted by Gasteiger charge is -2.28. The van der Waals surface area contributed by atoms with E-state index in [1.807, 2.05) is 4.90 Å². The van der Waals surface area contributed by atoms with E-state index in [-0.39, 0.29) is 17.7 Å². The lowest BCUT2D eigenvalue weighted by molar-refractivity contribution is 0.233. The van der Waals surface area contributed by atoms with Crippen molar-refractivity contribution < 1.29 is 8.78 Å². The predicted octanol–water partition coefficient (Wildman–Crippen LogP) is 2.67. The maximum atomic E-state index is 13.9. The highest BCUT2D eigenvalue weighted by Gasteiger charge is 2.23. The molecule has 0 radical (unpaired) electrons. The first-order chi connectivity index (χ1) is 12.6. The fourth-order valence-electron chi connectivity index (χ4n) is 3.18. The zero-order chi connectivity index (χ0) is 18.1. The van der Waals surface area contributed by atoms with Gasteiger partial charge in [0.25, 0.3) is 5.56 Å². The van der Waals surface area contributed by atoms with Gasteiger partial charge in [-0.1, -0.05) is 6.07 Å². The number of nitrogens with zero attached hydrogens (tertiary/aromatic N) is 3. The molecule has 4 rings (SSSR count). The zero-order valence-electron chi connectivity index (χ0n) is 13.9. The van der Waals surface area contributed by atoms with Crippen LogP contribution in [0.15, 0.2) is 47.5 Å². The summed E-state index contributed by atoms with van der Waals surface area (Å²) in [6, 6.07) is 7.38. The molecule has 26 heavy (non-hydrogen) atoms. The van der Waals surface area contributed by atoms with Crippen molar-refractivity contribution in [1.29, 1.82) is 0 Å². The van der Waals surface area contributed by atoms with E-state index >= 15 is 0 Å². The van der Waals surface area contributed by atoms with Gasteiger partial charge in [0.05, 0.1) is 5.69 Å². The molecule has 3 heterocycles. The molecule has 7 heteroatoms. The number of halogens is 2. The Hall–Kier alpha value is -2.93. The molecule has 0 amide bonds. The number of benzene rings is 1. The molecule has 0 saturated carbocycles. The van der Waals surface area contributed by atoms with Gasteiger partial charge in [0.1, 0.15) is 17.5 Å². The number of aromatic amines is 1. The molecule has 0 atom stereocenters. The second-order valence-electron chi connectivity index (χ2n) is 6.24. The molecule has 1 aliphatic rings. The van der Waals surface area contributed by atoms with Crippen LogP contribution in [0.5, 0.6) is 0 Å². The average Bonchev–Trinajstić information content (AvgIpc) is 2.65. The first kappa shape index (κ1) is 16.5. The van der Waals surface area contributed by atoms with Crippen molar-refractivity contribution in [3.63, 3.8) is 0 Å². The van der Waals surface area contributed by atoms with Gasteiger partial charge in [-0.2, -0.15) is 0 Å². The summed E-state index contributed by atoms with van der Waals surface area (Å²) < 4.78 is 27.8. The molecule has 1 N–H and O–H groups in total. The summed E-state index contributed by atoms with van der Waals surface area (Å²) in [5.41, 5.74) is 1.91. The Morgan fingerprint density at radius 2 is 1.85 bits per heavy atom. The maximum absolute atomic E-state index is 13.9. The fourth-order valence-corrected chi connectivity index (χ4v) is 3.18. The van der Waals surface area contributed by atoms with Crippen LogP contribution in [0.2, 0.25) is 0 Å². The Kier molecular flexibility index (Phi) is 4.30. The van der Waals surface area contributed by atoms with Crippen LogP contribution in [-0.4, -0.2) is 26.4 Å². The Labute approximate surface area is 148 Å². The normalized spacial score (nSPS) is 14.2. The Bertz CT molecular complexity index is 984. The van der Waals surface area contributed by atoms with Crippen LogP contribution >= 0.6 is 0 Å². The predicted molar refractivity (Wildman–Crippen MR) is 92.3 cm³/mol. The number of hydrogen-bond acceptors (Lipinski definition) is 4. The zero-order valence-corrected chi connectivity index (χ0v) is 13.9. The molecule has 0 spiro atoms. The quantitative estimate of drug-likeness (QED) is 0.786. The summed E-state index contributed by atoms with van der Waals surface area (Å²) in [6.45, 7) is 1.04. The Morgan fingerprint density at radius 3 is 2.58 bits per heavy atom. The van der Waals surface area contributed by atoms with Gasteiger partial charge in [-0.3, -0.25) is 14.7 Å². The van der Waals surface area contributed by atoms with Crippen molar-refractivity contribution in [2.45, 2.75) is 19.5 Å². The minimum absolute atomic E-state index is 0.0372. The highest BCUT2D eigenvalue weighted by Crippen LogP contribution is 2.21. The lowest BCUT2D eigenvalue weighted by atomic mass is 10.0. The summed E-state index contributed by atoms with van der Waals surface area (Å²) in [4.78, 5) is 25.6. The fraction of sp³-hybridized carbons (Fsp3) is 0.211. The minimum atomic E-state index is -0.563. The first-order valence-electron chi connectivity index (χ1n) is 8.29. The molecule has 1 aromatic carbocycles. The van der Waals surface area contributed by atoms with Crippen LogP contribution in [0, 0.1) is 11.6 Å². The van der Waals surface area contributed by atoms with Crippen LogP contribution in [0.25, 0.3) is 11.4 Å². The van der Waals surface area contributed by atoms with Crippen molar-refractivity contribution in [1.82, 2.24) is 19.9 Å². The van der Waals surface area contributed by atoms with Gasteiger partial charge >= 0.3 is 0 Å². The van der Waals surface area contributed by atoms with E-state index in [4.69, 9.17) is 0 Å². The van der Waals surface area contributed by atoms with Gasteiger partial charge in [-0.15, -0.1) is 0 Å². The number of rotatable bonds is 3. The smallest absolute Gasteiger partial charge is 0.254 e. The summed E-state index contributed by atoms with van der Waals surface area (Å²) in [7, 11) is 0. The molecular formula is C19H16F2N4O. The molecule has 0 bridgehead atoms. The first-order valence-corrected chi connectivity index (χ1v) is 8.29. The SMILES string of the molecule is O=c1[nH]c(-c2ccncc2)nc2c1CCN(Cc1c(F)cccc1F)C2. The lowest BCUT2D eigenvalue weighted by Crippen LogP contribution is -2.35. The summed E-state index contributed by atoms with van der Waals surface area (Å²) in [6.07, 6.45) is 3.74. The monoisotopic (exact) mass is 354 g/mol. The highest BCUT2D eigenvalue weighted by molar-refractivity contribution is 5.54. The van der Waals surface area contributed by atoms with Gasteiger partial charge in [0.2, 0.25) is 0 Å². The van der Waals surface area contributed by atoms with E-state index in [0.717, 1.165) is 5.56 Å². The number of pyridine rings is 1. The van der Waals surface area contributed by atoms with Gasteiger partial charge in [0, 0.05) is 48.7 Å². The van der Waals surface area contributed by atoms with Crippen LogP contribution < -0.4 is 5.56 Å². The van der Waals surface area contributed by atoms with Crippen molar-refractivity contribution in [3.05, 3.63) is 81.5 Å². The molecule has 0 saturated heterocycles. The maximum Gasteiger partial charge on any atom is 0.254 e. The van der Waals surface area contributed by atoms with E-state index in [9.17, 15) is 13.6 Å². The molecule has 5 nitrogen and oxygen atoms in total. The van der Waals surface area contributed by atoms with Crippen LogP contribution in [-0.2, 0) is 19.5 Å². The third kappa shape index (κ3) is 3.13. The highest BCUT2D eigenvalue weighted by atomic mass is 19.1. The van der Waals surface area contributed by atoms with Crippen LogP contribution in [0.3, 0.4) is 0 Å². The van der Waals surface area contributed by atoms with E-state index in [2.05, 4.69) is 15.0 Å². The van der Waals surface area contributed by atoms with Crippen molar-refractivity contribution in [2.75, 3.05) is 6.54 Å². The second-order valence-corrected chi connectivity index (χ2v) is 6.24. The standard InChI is InChI=1S/C19H16F2N4O/c20-15-2-1-3-16(21)14(15)10-25-9-6-13-17(11-25)23-18(24-19(13)26)12-4-7-22-8-5-12/h1-5,7-8H,6,9-11H2,(H,23,24,26). The molecule has 0 unspecified atom stereocenters. The Morgan fingerprint density at radius 1 is 1.12 bits per heavy atom. The third-order valence-corrected chi connectivity index (χ3v) is 4.55. The number of nitrogens with one attached hydrogen (secondary N) is 1. The van der Waals surface area contributed by atoms with Gasteiger partial charge in [-0.05, 0) is 30.7 Å². The van der Waals surface area contributed by atoms with Gasteiger partial charge in [-0.25, -0.2) is 13.8 Å². The molecule has 1 aliphatic heterocycles. The number of fused-ring (bicyclic) bond motifs is 1. The van der Waals surface area contributed by atoms with E-state index in [1.165, 1.54) is 18.2 Å². The Balaban J connectivity index is 1.64. The van der Waals surface area contributed by atoms with Gasteiger partial charge < -0.3 is 4.98 Å². The second kappa shape index (κ2) is 6.76. The molecule has 0 fully saturated rings. The molecule has 3 aromatic rings. The largest absolute Gasteiger partial charge is 0.306 e. The van der Waals surface area contributed by atoms with Crippen molar-refractivity contribution >= 4 is 0 Å². The third-order valence-electron chi connectivity index (χ3n) is 4.55. The van der Waals surface area contributed by atoms with Crippen LogP contribution in [0.1, 0.15) is 16.8 Å². The summed E-state index contributed by atoms with van der Waals surface area (Å²) in [5.74, 6) is -0.658. The minimum Gasteiger partial charge on any atom is -0.306 e. The molecule has 132 valence electrons. The summed E-state index contributed by atoms with van der Waals surface area (Å²) >= 11 is 0.